The molecule has 1 aliphatic heterocycles. The molecule has 0 aromatic carbocycles. The minimum Gasteiger partial charge on any atom is -0.355 e. The van der Waals surface area contributed by atoms with Crippen LogP contribution in [0, 0.1) is 5.92 Å². The van der Waals surface area contributed by atoms with Crippen LogP contribution < -0.4 is 11.1 Å². The van der Waals surface area contributed by atoms with Gasteiger partial charge >= 0.3 is 0 Å². The van der Waals surface area contributed by atoms with Gasteiger partial charge in [0.2, 0.25) is 5.91 Å². The van der Waals surface area contributed by atoms with E-state index in [9.17, 15) is 4.79 Å². The molecule has 1 saturated heterocycles. The molecular formula is C14H29N3O. The molecule has 2 unspecified atom stereocenters. The SMILES string of the molecule is CCC(CCN)CCC(=O)NCC1CCCN1C. The molecule has 1 heterocycles. The van der Waals surface area contributed by atoms with Gasteiger partial charge in [0.15, 0.2) is 0 Å². The highest BCUT2D eigenvalue weighted by atomic mass is 16.1. The quantitative estimate of drug-likeness (QED) is 0.688. The molecule has 0 radical (unpaired) electrons. The van der Waals surface area contributed by atoms with Crippen molar-refractivity contribution in [2.75, 3.05) is 26.7 Å². The Kier molecular flexibility index (Phi) is 7.28. The van der Waals surface area contributed by atoms with Gasteiger partial charge in [-0.2, -0.15) is 0 Å². The number of amides is 1. The van der Waals surface area contributed by atoms with E-state index < -0.39 is 0 Å². The minimum absolute atomic E-state index is 0.200. The van der Waals surface area contributed by atoms with Crippen molar-refractivity contribution in [3.63, 3.8) is 0 Å². The molecule has 1 aliphatic rings. The highest BCUT2D eigenvalue weighted by molar-refractivity contribution is 5.75. The highest BCUT2D eigenvalue weighted by Gasteiger charge is 2.21. The number of carbonyl (C=O) groups is 1. The number of nitrogens with two attached hydrogens (primary N) is 1. The lowest BCUT2D eigenvalue weighted by molar-refractivity contribution is -0.121. The van der Waals surface area contributed by atoms with Gasteiger partial charge in [-0.05, 0) is 51.7 Å². The number of likely N-dealkylation sites (tertiary alicyclic amines) is 1. The third-order valence-electron chi connectivity index (χ3n) is 4.14. The maximum atomic E-state index is 11.8. The Morgan fingerprint density at radius 1 is 1.50 bits per heavy atom. The Bertz CT molecular complexity index is 245. The molecule has 4 nitrogen and oxygen atoms in total. The van der Waals surface area contributed by atoms with Gasteiger partial charge in [-0.1, -0.05) is 13.3 Å². The maximum Gasteiger partial charge on any atom is 0.220 e. The Hall–Kier alpha value is -0.610. The van der Waals surface area contributed by atoms with Crippen LogP contribution in [0.5, 0.6) is 0 Å². The molecule has 0 aromatic heterocycles. The summed E-state index contributed by atoms with van der Waals surface area (Å²) in [7, 11) is 2.14. The van der Waals surface area contributed by atoms with Gasteiger partial charge in [0, 0.05) is 19.0 Å². The fourth-order valence-corrected chi connectivity index (χ4v) is 2.68. The fraction of sp³-hybridized carbons (Fsp3) is 0.929. The summed E-state index contributed by atoms with van der Waals surface area (Å²) in [5.74, 6) is 0.806. The zero-order valence-electron chi connectivity index (χ0n) is 12.0. The molecule has 1 fully saturated rings. The molecule has 1 rings (SSSR count). The van der Waals surface area contributed by atoms with Crippen molar-refractivity contribution in [2.24, 2.45) is 11.7 Å². The zero-order chi connectivity index (χ0) is 13.4. The van der Waals surface area contributed by atoms with E-state index in [1.807, 2.05) is 0 Å². The normalized spacial score (nSPS) is 22.1. The van der Waals surface area contributed by atoms with Gasteiger partial charge in [0.25, 0.3) is 0 Å². The largest absolute Gasteiger partial charge is 0.355 e. The van der Waals surface area contributed by atoms with Gasteiger partial charge < -0.3 is 16.0 Å². The number of hydrogen-bond acceptors (Lipinski definition) is 3. The summed E-state index contributed by atoms with van der Waals surface area (Å²) in [4.78, 5) is 14.1. The molecule has 0 spiro atoms. The van der Waals surface area contributed by atoms with Crippen molar-refractivity contribution in [1.29, 1.82) is 0 Å². The minimum atomic E-state index is 0.200. The number of nitrogens with one attached hydrogen (secondary N) is 1. The van der Waals surface area contributed by atoms with E-state index in [0.29, 0.717) is 18.4 Å². The lowest BCUT2D eigenvalue weighted by Gasteiger charge is -2.20. The van der Waals surface area contributed by atoms with Crippen molar-refractivity contribution < 1.29 is 4.79 Å². The van der Waals surface area contributed by atoms with Crippen LogP contribution in [0.3, 0.4) is 0 Å². The van der Waals surface area contributed by atoms with E-state index in [4.69, 9.17) is 5.73 Å². The van der Waals surface area contributed by atoms with Gasteiger partial charge in [0.05, 0.1) is 0 Å². The Balaban J connectivity index is 2.13. The second kappa shape index (κ2) is 8.48. The molecule has 2 atom stereocenters. The molecule has 0 saturated carbocycles. The third kappa shape index (κ3) is 5.36. The van der Waals surface area contributed by atoms with Crippen molar-refractivity contribution in [2.45, 2.75) is 51.5 Å². The van der Waals surface area contributed by atoms with Crippen LogP contribution in [0.15, 0.2) is 0 Å². The summed E-state index contributed by atoms with van der Waals surface area (Å²) in [6.07, 6.45) is 6.24. The molecule has 3 N–H and O–H groups in total. The summed E-state index contributed by atoms with van der Waals surface area (Å²) < 4.78 is 0. The van der Waals surface area contributed by atoms with Crippen LogP contribution in [0.1, 0.15) is 45.4 Å². The van der Waals surface area contributed by atoms with Crippen LogP contribution in [0.2, 0.25) is 0 Å². The van der Waals surface area contributed by atoms with E-state index in [-0.39, 0.29) is 5.91 Å². The van der Waals surface area contributed by atoms with E-state index in [0.717, 1.165) is 38.9 Å². The van der Waals surface area contributed by atoms with Crippen LogP contribution >= 0.6 is 0 Å². The second-order valence-electron chi connectivity index (χ2n) is 5.47. The number of rotatable bonds is 8. The summed E-state index contributed by atoms with van der Waals surface area (Å²) in [5, 5.41) is 3.06. The Morgan fingerprint density at radius 2 is 2.28 bits per heavy atom. The smallest absolute Gasteiger partial charge is 0.220 e. The number of nitrogens with zero attached hydrogens (tertiary/aromatic N) is 1. The van der Waals surface area contributed by atoms with Crippen molar-refractivity contribution >= 4 is 5.91 Å². The van der Waals surface area contributed by atoms with Gasteiger partial charge in [0.1, 0.15) is 0 Å². The molecule has 106 valence electrons. The Morgan fingerprint density at radius 3 is 2.83 bits per heavy atom. The summed E-state index contributed by atoms with van der Waals surface area (Å²) in [6.45, 7) is 4.87. The number of carbonyl (C=O) groups excluding carboxylic acids is 1. The molecule has 0 aliphatic carbocycles. The van der Waals surface area contributed by atoms with Gasteiger partial charge in [-0.3, -0.25) is 4.79 Å². The third-order valence-corrected chi connectivity index (χ3v) is 4.14. The number of hydrogen-bond donors (Lipinski definition) is 2. The topological polar surface area (TPSA) is 58.4 Å². The first-order chi connectivity index (χ1) is 8.67. The standard InChI is InChI=1S/C14H29N3O/c1-3-12(8-9-15)6-7-14(18)16-11-13-5-4-10-17(13)2/h12-13H,3-11,15H2,1-2H3,(H,16,18). The summed E-state index contributed by atoms with van der Waals surface area (Å²) >= 11 is 0. The molecule has 4 heteroatoms. The summed E-state index contributed by atoms with van der Waals surface area (Å²) in [5.41, 5.74) is 5.56. The fourth-order valence-electron chi connectivity index (χ4n) is 2.68. The highest BCUT2D eigenvalue weighted by Crippen LogP contribution is 2.15. The van der Waals surface area contributed by atoms with E-state index in [1.165, 1.54) is 12.8 Å². The molecule has 0 bridgehead atoms. The molecule has 1 amide bonds. The predicted molar refractivity (Wildman–Crippen MR) is 75.3 cm³/mol. The lowest BCUT2D eigenvalue weighted by Crippen LogP contribution is -2.38. The van der Waals surface area contributed by atoms with E-state index >= 15 is 0 Å². The van der Waals surface area contributed by atoms with E-state index in [2.05, 4.69) is 24.2 Å². The molecule has 0 aromatic rings. The van der Waals surface area contributed by atoms with Crippen molar-refractivity contribution in [1.82, 2.24) is 10.2 Å². The van der Waals surface area contributed by atoms with Gasteiger partial charge in [-0.15, -0.1) is 0 Å². The van der Waals surface area contributed by atoms with Crippen LogP contribution in [-0.2, 0) is 4.79 Å². The van der Waals surface area contributed by atoms with Crippen molar-refractivity contribution in [3.05, 3.63) is 0 Å². The zero-order valence-corrected chi connectivity index (χ0v) is 12.0. The average Bonchev–Trinajstić information content (AvgIpc) is 2.77. The first kappa shape index (κ1) is 15.4. The van der Waals surface area contributed by atoms with Crippen LogP contribution in [0.25, 0.3) is 0 Å². The number of likely N-dealkylation sites (N-methyl/N-ethyl adjacent to an activating group) is 1. The first-order valence-electron chi connectivity index (χ1n) is 7.34. The van der Waals surface area contributed by atoms with Crippen LogP contribution in [0.4, 0.5) is 0 Å². The monoisotopic (exact) mass is 255 g/mol. The molecule has 18 heavy (non-hydrogen) atoms. The van der Waals surface area contributed by atoms with Gasteiger partial charge in [-0.25, -0.2) is 0 Å². The van der Waals surface area contributed by atoms with Crippen molar-refractivity contribution in [3.8, 4) is 0 Å². The molecular weight excluding hydrogens is 226 g/mol. The first-order valence-corrected chi connectivity index (χ1v) is 7.34. The summed E-state index contributed by atoms with van der Waals surface area (Å²) in [6, 6.07) is 0.542. The predicted octanol–water partition coefficient (Wildman–Crippen LogP) is 1.35. The van der Waals surface area contributed by atoms with Crippen LogP contribution in [-0.4, -0.2) is 43.5 Å². The second-order valence-corrected chi connectivity index (χ2v) is 5.47. The lowest BCUT2D eigenvalue weighted by atomic mass is 9.96. The average molecular weight is 255 g/mol. The Labute approximate surface area is 111 Å². The maximum absolute atomic E-state index is 11.8. The van der Waals surface area contributed by atoms with E-state index in [1.54, 1.807) is 0 Å².